The second-order valence-electron chi connectivity index (χ2n) is 8.83. The summed E-state index contributed by atoms with van der Waals surface area (Å²) in [6.45, 7) is 8.33. The summed E-state index contributed by atoms with van der Waals surface area (Å²) in [6.07, 6.45) is 1.83. The van der Waals surface area contributed by atoms with Crippen molar-refractivity contribution in [3.05, 3.63) is 44.2 Å². The van der Waals surface area contributed by atoms with Crippen molar-refractivity contribution >= 4 is 51.4 Å². The predicted octanol–water partition coefficient (Wildman–Crippen LogP) is 6.40. The summed E-state index contributed by atoms with van der Waals surface area (Å²) in [6, 6.07) is 4.81. The van der Waals surface area contributed by atoms with E-state index in [-0.39, 0.29) is 11.3 Å². The van der Waals surface area contributed by atoms with E-state index < -0.39 is 12.1 Å². The van der Waals surface area contributed by atoms with E-state index in [1.54, 1.807) is 25.1 Å². The van der Waals surface area contributed by atoms with Crippen molar-refractivity contribution < 1.29 is 19.1 Å². The first-order valence-corrected chi connectivity index (χ1v) is 11.7. The fourth-order valence-electron chi connectivity index (χ4n) is 3.76. The molecule has 1 aromatic heterocycles. The van der Waals surface area contributed by atoms with E-state index in [9.17, 15) is 9.59 Å². The van der Waals surface area contributed by atoms with Crippen molar-refractivity contribution in [3.8, 4) is 5.75 Å². The molecule has 1 N–H and O–H groups in total. The molecule has 1 aliphatic rings. The number of amides is 1. The molecule has 2 atom stereocenters. The Bertz CT molecular complexity index is 996. The maximum absolute atomic E-state index is 12.9. The summed E-state index contributed by atoms with van der Waals surface area (Å²) in [4.78, 5) is 26.5. The zero-order chi connectivity index (χ0) is 22.9. The smallest absolute Gasteiger partial charge is 0.341 e. The molecule has 0 spiro atoms. The van der Waals surface area contributed by atoms with E-state index in [2.05, 4.69) is 26.1 Å². The Hall–Kier alpha value is -1.76. The van der Waals surface area contributed by atoms with Gasteiger partial charge in [-0.3, -0.25) is 4.79 Å². The first kappa shape index (κ1) is 23.9. The van der Waals surface area contributed by atoms with Crippen molar-refractivity contribution in [2.24, 2.45) is 11.3 Å². The fourth-order valence-corrected chi connectivity index (χ4v) is 5.40. The molecular weight excluding hydrogens is 457 g/mol. The van der Waals surface area contributed by atoms with Gasteiger partial charge in [-0.25, -0.2) is 4.79 Å². The van der Waals surface area contributed by atoms with Gasteiger partial charge in [-0.05, 0) is 55.2 Å². The van der Waals surface area contributed by atoms with Gasteiger partial charge in [0.15, 0.2) is 6.10 Å². The Labute approximate surface area is 197 Å². The molecule has 1 aromatic carbocycles. The SMILES string of the molecule is COC(=O)c1c(NC(=O)C(C)Oc2cc(Cl)ccc2Cl)sc2c1CCC(C(C)(C)C)C2. The molecule has 1 amide bonds. The third-order valence-corrected chi connectivity index (χ3v) is 7.40. The van der Waals surface area contributed by atoms with Crippen LogP contribution in [0.15, 0.2) is 18.2 Å². The maximum atomic E-state index is 12.9. The Morgan fingerprint density at radius 1 is 1.26 bits per heavy atom. The number of carbonyl (C=O) groups is 2. The molecule has 5 nitrogen and oxygen atoms in total. The van der Waals surface area contributed by atoms with Crippen LogP contribution in [-0.2, 0) is 22.4 Å². The lowest BCUT2D eigenvalue weighted by molar-refractivity contribution is -0.122. The lowest BCUT2D eigenvalue weighted by Crippen LogP contribution is -2.30. The minimum absolute atomic E-state index is 0.176. The van der Waals surface area contributed by atoms with Crippen LogP contribution in [0.5, 0.6) is 5.75 Å². The topological polar surface area (TPSA) is 64.6 Å². The van der Waals surface area contributed by atoms with Crippen LogP contribution in [-0.4, -0.2) is 25.1 Å². The monoisotopic (exact) mass is 483 g/mol. The quantitative estimate of drug-likeness (QED) is 0.499. The number of esters is 1. The minimum atomic E-state index is -0.845. The van der Waals surface area contributed by atoms with Crippen LogP contribution in [0.4, 0.5) is 5.00 Å². The summed E-state index contributed by atoms with van der Waals surface area (Å²) in [7, 11) is 1.35. The van der Waals surface area contributed by atoms with Crippen LogP contribution in [0.3, 0.4) is 0 Å². The van der Waals surface area contributed by atoms with E-state index >= 15 is 0 Å². The molecule has 0 bridgehead atoms. The average molecular weight is 484 g/mol. The highest BCUT2D eigenvalue weighted by Crippen LogP contribution is 2.44. The van der Waals surface area contributed by atoms with Crippen molar-refractivity contribution in [1.29, 1.82) is 0 Å². The number of benzene rings is 1. The number of rotatable bonds is 5. The molecule has 3 rings (SSSR count). The minimum Gasteiger partial charge on any atom is -0.479 e. The fraction of sp³-hybridized carbons (Fsp3) is 0.478. The van der Waals surface area contributed by atoms with E-state index in [4.69, 9.17) is 32.7 Å². The summed E-state index contributed by atoms with van der Waals surface area (Å²) >= 11 is 13.6. The molecule has 31 heavy (non-hydrogen) atoms. The third-order valence-electron chi connectivity index (χ3n) is 5.68. The molecule has 8 heteroatoms. The molecule has 0 saturated heterocycles. The number of hydrogen-bond acceptors (Lipinski definition) is 5. The largest absolute Gasteiger partial charge is 0.479 e. The van der Waals surface area contributed by atoms with Gasteiger partial charge in [-0.2, -0.15) is 0 Å². The second kappa shape index (κ2) is 9.39. The molecule has 0 radical (unpaired) electrons. The number of anilines is 1. The van der Waals surface area contributed by atoms with Gasteiger partial charge >= 0.3 is 5.97 Å². The summed E-state index contributed by atoms with van der Waals surface area (Å²) in [5.41, 5.74) is 1.62. The van der Waals surface area contributed by atoms with Gasteiger partial charge < -0.3 is 14.8 Å². The van der Waals surface area contributed by atoms with Crippen LogP contribution in [0.2, 0.25) is 10.0 Å². The highest BCUT2D eigenvalue weighted by atomic mass is 35.5. The third kappa shape index (κ3) is 5.36. The van der Waals surface area contributed by atoms with Crippen LogP contribution < -0.4 is 10.1 Å². The lowest BCUT2D eigenvalue weighted by atomic mass is 9.72. The first-order valence-electron chi connectivity index (χ1n) is 10.2. The number of hydrogen-bond donors (Lipinski definition) is 1. The highest BCUT2D eigenvalue weighted by Gasteiger charge is 2.34. The predicted molar refractivity (Wildman–Crippen MR) is 126 cm³/mol. The Kier molecular flexibility index (Phi) is 7.24. The van der Waals surface area contributed by atoms with Gasteiger partial charge in [0, 0.05) is 16.0 Å². The van der Waals surface area contributed by atoms with Gasteiger partial charge in [0.25, 0.3) is 5.91 Å². The Morgan fingerprint density at radius 3 is 2.61 bits per heavy atom. The number of ether oxygens (including phenoxy) is 2. The number of thiophene rings is 1. The number of nitrogens with one attached hydrogen (secondary N) is 1. The van der Waals surface area contributed by atoms with Crippen molar-refractivity contribution in [2.45, 2.75) is 53.1 Å². The van der Waals surface area contributed by atoms with E-state index in [0.29, 0.717) is 32.3 Å². The number of fused-ring (bicyclic) bond motifs is 1. The van der Waals surface area contributed by atoms with Crippen molar-refractivity contribution in [1.82, 2.24) is 0 Å². The average Bonchev–Trinajstić information content (AvgIpc) is 3.06. The van der Waals surface area contributed by atoms with Gasteiger partial charge in [0.1, 0.15) is 10.8 Å². The Balaban J connectivity index is 1.83. The summed E-state index contributed by atoms with van der Waals surface area (Å²) in [5.74, 6) is 0.0176. The number of methoxy groups -OCH3 is 1. The van der Waals surface area contributed by atoms with Crippen LogP contribution in [0.1, 0.15) is 54.9 Å². The molecule has 0 saturated carbocycles. The van der Waals surface area contributed by atoms with Gasteiger partial charge in [0.05, 0.1) is 17.7 Å². The molecule has 2 unspecified atom stereocenters. The lowest BCUT2D eigenvalue weighted by Gasteiger charge is -2.33. The van der Waals surface area contributed by atoms with Crippen LogP contribution >= 0.6 is 34.5 Å². The molecular formula is C23H27Cl2NO4S. The zero-order valence-electron chi connectivity index (χ0n) is 18.3. The van der Waals surface area contributed by atoms with Gasteiger partial charge in [-0.15, -0.1) is 11.3 Å². The zero-order valence-corrected chi connectivity index (χ0v) is 20.6. The molecule has 0 fully saturated rings. The normalized spacial score (nSPS) is 16.9. The molecule has 2 aromatic rings. The molecule has 1 aliphatic carbocycles. The molecule has 168 valence electrons. The molecule has 0 aliphatic heterocycles. The second-order valence-corrected chi connectivity index (χ2v) is 10.8. The van der Waals surface area contributed by atoms with E-state index in [1.165, 1.54) is 18.4 Å². The van der Waals surface area contributed by atoms with Crippen molar-refractivity contribution in [2.75, 3.05) is 12.4 Å². The number of halogens is 2. The van der Waals surface area contributed by atoms with E-state index in [0.717, 1.165) is 29.7 Å². The van der Waals surface area contributed by atoms with Crippen molar-refractivity contribution in [3.63, 3.8) is 0 Å². The summed E-state index contributed by atoms with van der Waals surface area (Å²) < 4.78 is 10.7. The van der Waals surface area contributed by atoms with Gasteiger partial charge in [-0.1, -0.05) is 44.0 Å². The molecule has 1 heterocycles. The van der Waals surface area contributed by atoms with E-state index in [1.807, 2.05) is 0 Å². The van der Waals surface area contributed by atoms with Crippen LogP contribution in [0, 0.1) is 11.3 Å². The van der Waals surface area contributed by atoms with Crippen LogP contribution in [0.25, 0.3) is 0 Å². The maximum Gasteiger partial charge on any atom is 0.341 e. The summed E-state index contributed by atoms with van der Waals surface area (Å²) in [5, 5.41) is 4.19. The standard InChI is InChI=1S/C23H27Cl2NO4S/c1-12(30-17-11-14(24)7-9-16(17)25)20(27)26-21-19(22(28)29-5)15-8-6-13(23(2,3)4)10-18(15)31-21/h7,9,11-13H,6,8,10H2,1-5H3,(H,26,27). The number of carbonyl (C=O) groups excluding carboxylic acids is 2. The highest BCUT2D eigenvalue weighted by molar-refractivity contribution is 7.17. The van der Waals surface area contributed by atoms with Gasteiger partial charge in [0.2, 0.25) is 0 Å². The first-order chi connectivity index (χ1) is 14.5. The Morgan fingerprint density at radius 2 is 1.97 bits per heavy atom.